The Morgan fingerprint density at radius 2 is 1.95 bits per heavy atom. The summed E-state index contributed by atoms with van der Waals surface area (Å²) in [4.78, 5) is 2.52. The predicted molar refractivity (Wildman–Crippen MR) is 89.8 cm³/mol. The molecule has 2 atom stereocenters. The van der Waals surface area contributed by atoms with Gasteiger partial charge in [-0.3, -0.25) is 0 Å². The standard InChI is InChI=1S/C18H36N2O/c1-4-14-19-17(11-10-16-9-8-15-21-16)18(20(2)3)12-6-5-7-13-18/h16-17,19H,4-15H2,1-3H3. The summed E-state index contributed by atoms with van der Waals surface area (Å²) in [7, 11) is 4.58. The predicted octanol–water partition coefficient (Wildman–Crippen LogP) is 3.58. The molecular weight excluding hydrogens is 260 g/mol. The van der Waals surface area contributed by atoms with Crippen LogP contribution in [0, 0.1) is 0 Å². The normalized spacial score (nSPS) is 27.1. The van der Waals surface area contributed by atoms with E-state index >= 15 is 0 Å². The second kappa shape index (κ2) is 8.50. The van der Waals surface area contributed by atoms with Crippen LogP contribution in [0.5, 0.6) is 0 Å². The first-order valence-corrected chi connectivity index (χ1v) is 9.21. The molecule has 124 valence electrons. The van der Waals surface area contributed by atoms with E-state index < -0.39 is 0 Å². The Morgan fingerprint density at radius 3 is 2.52 bits per heavy atom. The summed E-state index contributed by atoms with van der Waals surface area (Å²) >= 11 is 0. The van der Waals surface area contributed by atoms with Gasteiger partial charge in [0, 0.05) is 18.2 Å². The second-order valence-corrected chi connectivity index (χ2v) is 7.28. The molecule has 2 aliphatic rings. The molecule has 0 aromatic carbocycles. The van der Waals surface area contributed by atoms with Gasteiger partial charge in [-0.1, -0.05) is 26.2 Å². The van der Waals surface area contributed by atoms with Crippen molar-refractivity contribution in [3.05, 3.63) is 0 Å². The number of nitrogens with zero attached hydrogens (tertiary/aromatic N) is 1. The molecule has 21 heavy (non-hydrogen) atoms. The highest BCUT2D eigenvalue weighted by Crippen LogP contribution is 2.37. The summed E-state index contributed by atoms with van der Waals surface area (Å²) in [6, 6.07) is 0.622. The Balaban J connectivity index is 2.00. The lowest BCUT2D eigenvalue weighted by atomic mass is 9.73. The summed E-state index contributed by atoms with van der Waals surface area (Å²) in [6.45, 7) is 4.40. The maximum Gasteiger partial charge on any atom is 0.0576 e. The first-order valence-electron chi connectivity index (χ1n) is 9.21. The molecule has 1 heterocycles. The van der Waals surface area contributed by atoms with E-state index in [1.165, 1.54) is 64.2 Å². The average Bonchev–Trinajstić information content (AvgIpc) is 3.01. The van der Waals surface area contributed by atoms with Crippen LogP contribution < -0.4 is 5.32 Å². The van der Waals surface area contributed by atoms with E-state index in [0.717, 1.165) is 13.2 Å². The molecule has 1 aliphatic heterocycles. The molecule has 2 fully saturated rings. The van der Waals surface area contributed by atoms with Crippen LogP contribution in [0.2, 0.25) is 0 Å². The molecule has 0 bridgehead atoms. The molecule has 0 aromatic heterocycles. The molecule has 0 spiro atoms. The minimum Gasteiger partial charge on any atom is -0.378 e. The highest BCUT2D eigenvalue weighted by Gasteiger charge is 2.41. The van der Waals surface area contributed by atoms with Crippen molar-refractivity contribution in [3.8, 4) is 0 Å². The van der Waals surface area contributed by atoms with Crippen molar-refractivity contribution in [2.24, 2.45) is 0 Å². The Bertz CT molecular complexity index is 281. The molecule has 3 nitrogen and oxygen atoms in total. The van der Waals surface area contributed by atoms with Crippen molar-refractivity contribution >= 4 is 0 Å². The lowest BCUT2D eigenvalue weighted by molar-refractivity contribution is 0.0410. The Kier molecular flexibility index (Phi) is 6.97. The zero-order valence-corrected chi connectivity index (χ0v) is 14.5. The highest BCUT2D eigenvalue weighted by atomic mass is 16.5. The fraction of sp³-hybridized carbons (Fsp3) is 1.00. The smallest absolute Gasteiger partial charge is 0.0576 e. The number of hydrogen-bond acceptors (Lipinski definition) is 3. The van der Waals surface area contributed by atoms with Gasteiger partial charge in [0.15, 0.2) is 0 Å². The van der Waals surface area contributed by atoms with Crippen molar-refractivity contribution in [1.29, 1.82) is 0 Å². The molecule has 3 heteroatoms. The largest absolute Gasteiger partial charge is 0.378 e. The van der Waals surface area contributed by atoms with Crippen LogP contribution >= 0.6 is 0 Å². The van der Waals surface area contributed by atoms with E-state index in [1.807, 2.05) is 0 Å². The summed E-state index contributed by atoms with van der Waals surface area (Å²) in [6.07, 6.45) is 13.7. The topological polar surface area (TPSA) is 24.5 Å². The van der Waals surface area contributed by atoms with E-state index in [0.29, 0.717) is 17.7 Å². The first-order chi connectivity index (χ1) is 10.2. The number of hydrogen-bond donors (Lipinski definition) is 1. The summed E-state index contributed by atoms with van der Waals surface area (Å²) in [5, 5.41) is 3.89. The van der Waals surface area contributed by atoms with Gasteiger partial charge in [-0.25, -0.2) is 0 Å². The van der Waals surface area contributed by atoms with Crippen molar-refractivity contribution < 1.29 is 4.74 Å². The number of likely N-dealkylation sites (N-methyl/N-ethyl adjacent to an activating group) is 1. The minimum absolute atomic E-state index is 0.367. The molecule has 1 aliphatic carbocycles. The number of ether oxygens (including phenoxy) is 1. The quantitative estimate of drug-likeness (QED) is 0.741. The van der Waals surface area contributed by atoms with E-state index in [-0.39, 0.29) is 0 Å². The van der Waals surface area contributed by atoms with Gasteiger partial charge in [0.25, 0.3) is 0 Å². The van der Waals surface area contributed by atoms with Gasteiger partial charge in [-0.05, 0) is 65.6 Å². The monoisotopic (exact) mass is 296 g/mol. The van der Waals surface area contributed by atoms with E-state index in [4.69, 9.17) is 4.74 Å². The van der Waals surface area contributed by atoms with Crippen LogP contribution in [0.1, 0.15) is 71.1 Å². The maximum atomic E-state index is 5.85. The second-order valence-electron chi connectivity index (χ2n) is 7.28. The molecule has 1 N–H and O–H groups in total. The summed E-state index contributed by atoms with van der Waals surface area (Å²) in [5.41, 5.74) is 0.367. The summed E-state index contributed by atoms with van der Waals surface area (Å²) < 4.78 is 5.85. The van der Waals surface area contributed by atoms with E-state index in [9.17, 15) is 0 Å². The lowest BCUT2D eigenvalue weighted by Gasteiger charge is -2.49. The maximum absolute atomic E-state index is 5.85. The Hall–Kier alpha value is -0.120. The molecule has 0 radical (unpaired) electrons. The van der Waals surface area contributed by atoms with E-state index in [2.05, 4.69) is 31.2 Å². The average molecular weight is 296 g/mol. The van der Waals surface area contributed by atoms with Crippen molar-refractivity contribution in [2.75, 3.05) is 27.2 Å². The fourth-order valence-corrected chi connectivity index (χ4v) is 4.38. The molecule has 0 amide bonds. The minimum atomic E-state index is 0.367. The van der Waals surface area contributed by atoms with Crippen molar-refractivity contribution in [1.82, 2.24) is 10.2 Å². The van der Waals surface area contributed by atoms with Gasteiger partial charge in [-0.15, -0.1) is 0 Å². The van der Waals surface area contributed by atoms with Gasteiger partial charge in [0.1, 0.15) is 0 Å². The number of nitrogens with one attached hydrogen (secondary N) is 1. The zero-order chi connectivity index (χ0) is 15.1. The molecular formula is C18H36N2O. The van der Waals surface area contributed by atoms with Crippen LogP contribution in [0.4, 0.5) is 0 Å². The third kappa shape index (κ3) is 4.43. The molecule has 2 unspecified atom stereocenters. The first kappa shape index (κ1) is 17.2. The lowest BCUT2D eigenvalue weighted by Crippen LogP contribution is -2.60. The molecule has 2 rings (SSSR count). The molecule has 0 aromatic rings. The van der Waals surface area contributed by atoms with Crippen LogP contribution in [0.15, 0.2) is 0 Å². The van der Waals surface area contributed by atoms with Gasteiger partial charge in [0.2, 0.25) is 0 Å². The Morgan fingerprint density at radius 1 is 1.19 bits per heavy atom. The third-order valence-corrected chi connectivity index (χ3v) is 5.70. The van der Waals surface area contributed by atoms with Gasteiger partial charge >= 0.3 is 0 Å². The van der Waals surface area contributed by atoms with Crippen molar-refractivity contribution in [3.63, 3.8) is 0 Å². The SMILES string of the molecule is CCCNC(CCC1CCCO1)C1(N(C)C)CCCCC1. The molecule has 1 saturated heterocycles. The van der Waals surface area contributed by atoms with Crippen molar-refractivity contribution in [2.45, 2.75) is 88.8 Å². The molecule has 1 saturated carbocycles. The van der Waals surface area contributed by atoms with Crippen LogP contribution in [-0.2, 0) is 4.74 Å². The van der Waals surface area contributed by atoms with Gasteiger partial charge in [0.05, 0.1) is 6.10 Å². The fourth-order valence-electron chi connectivity index (χ4n) is 4.38. The van der Waals surface area contributed by atoms with Crippen LogP contribution in [0.25, 0.3) is 0 Å². The zero-order valence-electron chi connectivity index (χ0n) is 14.5. The number of rotatable bonds is 8. The Labute approximate surface area is 131 Å². The van der Waals surface area contributed by atoms with Gasteiger partial charge < -0.3 is 15.0 Å². The van der Waals surface area contributed by atoms with Crippen LogP contribution in [-0.4, -0.2) is 49.8 Å². The van der Waals surface area contributed by atoms with Crippen LogP contribution in [0.3, 0.4) is 0 Å². The third-order valence-electron chi connectivity index (χ3n) is 5.70. The summed E-state index contributed by atoms with van der Waals surface area (Å²) in [5.74, 6) is 0. The highest BCUT2D eigenvalue weighted by molar-refractivity contribution is 5.00. The van der Waals surface area contributed by atoms with E-state index in [1.54, 1.807) is 0 Å². The van der Waals surface area contributed by atoms with Gasteiger partial charge in [-0.2, -0.15) is 0 Å².